The third kappa shape index (κ3) is 6.66. The van der Waals surface area contributed by atoms with Crippen LogP contribution in [-0.2, 0) is 0 Å². The maximum absolute atomic E-state index is 2.64. The van der Waals surface area contributed by atoms with Gasteiger partial charge in [-0.3, -0.25) is 0 Å². The molecule has 2 saturated carbocycles. The molecule has 0 saturated heterocycles. The summed E-state index contributed by atoms with van der Waals surface area (Å²) in [7, 11) is 0.277. The van der Waals surface area contributed by atoms with E-state index in [1.807, 2.05) is 10.9 Å². The second-order valence-electron chi connectivity index (χ2n) is 9.92. The first-order chi connectivity index (χ1) is 14.3. The van der Waals surface area contributed by atoms with E-state index in [1.54, 1.807) is 25.7 Å². The fourth-order valence-corrected chi connectivity index (χ4v) is 13.4. The third-order valence-electron chi connectivity index (χ3n) is 7.79. The van der Waals surface area contributed by atoms with Crippen molar-refractivity contribution in [2.75, 3.05) is 12.3 Å². The van der Waals surface area contributed by atoms with Crippen LogP contribution in [0.5, 0.6) is 0 Å². The zero-order valence-corrected chi connectivity index (χ0v) is 21.6. The van der Waals surface area contributed by atoms with Crippen LogP contribution >= 0.6 is 15.8 Å². The van der Waals surface area contributed by atoms with Crippen LogP contribution in [0.3, 0.4) is 0 Å². The van der Waals surface area contributed by atoms with Crippen LogP contribution in [0.4, 0.5) is 0 Å². The highest BCUT2D eigenvalue weighted by Gasteiger charge is 2.36. The Labute approximate surface area is 185 Å². The molecule has 0 nitrogen and oxygen atoms in total. The van der Waals surface area contributed by atoms with Crippen LogP contribution in [0.2, 0.25) is 0 Å². The average molecular weight is 435 g/mol. The normalized spacial score (nSPS) is 22.9. The molecule has 0 aliphatic heterocycles. The zero-order valence-electron chi connectivity index (χ0n) is 19.8. The second-order valence-corrected chi connectivity index (χ2v) is 15.6. The largest absolute Gasteiger partial charge is 0.0993 e. The highest BCUT2D eigenvalue weighted by Crippen LogP contribution is 2.65. The highest BCUT2D eigenvalue weighted by molar-refractivity contribution is 7.63. The summed E-state index contributed by atoms with van der Waals surface area (Å²) in [4.78, 5) is 0. The van der Waals surface area contributed by atoms with Gasteiger partial charge in [-0.15, -0.1) is 0 Å². The van der Waals surface area contributed by atoms with E-state index in [4.69, 9.17) is 0 Å². The lowest BCUT2D eigenvalue weighted by molar-refractivity contribution is 0.485. The van der Waals surface area contributed by atoms with Crippen LogP contribution in [0.1, 0.15) is 117 Å². The molecule has 0 radical (unpaired) electrons. The van der Waals surface area contributed by atoms with Crippen molar-refractivity contribution >= 4 is 15.8 Å². The van der Waals surface area contributed by atoms with Gasteiger partial charge in [-0.25, -0.2) is 0 Å². The van der Waals surface area contributed by atoms with Crippen LogP contribution in [0.15, 0.2) is 23.0 Å². The Morgan fingerprint density at radius 2 is 1.34 bits per heavy atom. The Balaban J connectivity index is 1.84. The molecule has 3 rings (SSSR count). The van der Waals surface area contributed by atoms with Gasteiger partial charge in [-0.1, -0.05) is 100 Å². The van der Waals surface area contributed by atoms with Crippen molar-refractivity contribution in [3.63, 3.8) is 0 Å². The van der Waals surface area contributed by atoms with Crippen molar-refractivity contribution in [1.29, 1.82) is 0 Å². The predicted octanol–water partition coefficient (Wildman–Crippen LogP) is 9.82. The van der Waals surface area contributed by atoms with E-state index < -0.39 is 0 Å². The number of hydrogen-bond donors (Lipinski definition) is 0. The first-order valence-electron chi connectivity index (χ1n) is 13.2. The molecule has 0 spiro atoms. The van der Waals surface area contributed by atoms with E-state index in [1.165, 1.54) is 83.0 Å². The summed E-state index contributed by atoms with van der Waals surface area (Å²) in [5, 5.41) is 2.01. The van der Waals surface area contributed by atoms with Gasteiger partial charge in [0.05, 0.1) is 0 Å². The molecule has 3 aliphatic carbocycles. The van der Waals surface area contributed by atoms with Gasteiger partial charge in [-0.2, -0.15) is 0 Å². The van der Waals surface area contributed by atoms with Crippen LogP contribution < -0.4 is 0 Å². The lowest BCUT2D eigenvalue weighted by Crippen LogP contribution is -2.22. The maximum atomic E-state index is 2.64. The van der Waals surface area contributed by atoms with Crippen molar-refractivity contribution in [3.8, 4) is 0 Å². The number of allylic oxidation sites excluding steroid dienone is 4. The quantitative estimate of drug-likeness (QED) is 0.284. The molecule has 0 N–H and O–H groups in total. The van der Waals surface area contributed by atoms with Gasteiger partial charge in [-0.05, 0) is 79.5 Å². The fourth-order valence-electron chi connectivity index (χ4n) is 6.02. The molecular weight excluding hydrogens is 386 g/mol. The molecule has 29 heavy (non-hydrogen) atoms. The monoisotopic (exact) mass is 434 g/mol. The summed E-state index contributed by atoms with van der Waals surface area (Å²) in [6.07, 6.45) is 30.5. The molecule has 0 amide bonds. The Morgan fingerprint density at radius 1 is 0.828 bits per heavy atom. The van der Waals surface area contributed by atoms with Crippen molar-refractivity contribution in [2.45, 2.75) is 134 Å². The first-order valence-corrected chi connectivity index (χ1v) is 16.4. The Morgan fingerprint density at radius 3 is 1.83 bits per heavy atom. The summed E-state index contributed by atoms with van der Waals surface area (Å²) < 4.78 is 0. The van der Waals surface area contributed by atoms with Crippen LogP contribution in [0.25, 0.3) is 0 Å². The van der Waals surface area contributed by atoms with Gasteiger partial charge in [0.15, 0.2) is 0 Å². The van der Waals surface area contributed by atoms with Gasteiger partial charge in [0.2, 0.25) is 0 Å². The number of hydrogen-bond acceptors (Lipinski definition) is 0. The topological polar surface area (TPSA) is 0 Å². The summed E-state index contributed by atoms with van der Waals surface area (Å²) in [6, 6.07) is 0. The zero-order chi connectivity index (χ0) is 20.5. The highest BCUT2D eigenvalue weighted by atomic mass is 31.1. The minimum Gasteiger partial charge on any atom is -0.0993 e. The number of unbranched alkanes of at least 4 members (excludes halogenated alkanes) is 2. The maximum Gasteiger partial charge on any atom is 0.00166 e. The Kier molecular flexibility index (Phi) is 10.8. The lowest BCUT2D eigenvalue weighted by Gasteiger charge is -2.41. The SMILES string of the molecule is CCCCP(CCCC)[C@H](C)C1=C(P(C2CCCCC2)C2CCCCC2)CC=C1. The molecule has 2 heteroatoms. The molecule has 3 aliphatic rings. The minimum absolute atomic E-state index is 0.107. The van der Waals surface area contributed by atoms with Crippen molar-refractivity contribution < 1.29 is 0 Å². The smallest absolute Gasteiger partial charge is 0.00166 e. The molecule has 166 valence electrons. The molecule has 0 aromatic rings. The van der Waals surface area contributed by atoms with Gasteiger partial charge in [0.25, 0.3) is 0 Å². The third-order valence-corrected chi connectivity index (χ3v) is 14.6. The summed E-state index contributed by atoms with van der Waals surface area (Å²) in [5.41, 5.74) is 4.85. The molecule has 2 fully saturated rings. The molecule has 0 heterocycles. The van der Waals surface area contributed by atoms with Crippen molar-refractivity contribution in [1.82, 2.24) is 0 Å². The summed E-state index contributed by atoms with van der Waals surface area (Å²) >= 11 is 0. The van der Waals surface area contributed by atoms with E-state index in [2.05, 4.69) is 32.9 Å². The molecule has 0 aromatic carbocycles. The molecular formula is C27H48P2. The molecule has 1 atom stereocenters. The molecule has 0 bridgehead atoms. The van der Waals surface area contributed by atoms with Crippen molar-refractivity contribution in [2.24, 2.45) is 0 Å². The number of rotatable bonds is 11. The molecule has 0 aromatic heterocycles. The van der Waals surface area contributed by atoms with E-state index in [0.717, 1.165) is 17.0 Å². The summed E-state index contributed by atoms with van der Waals surface area (Å²) in [6.45, 7) is 7.39. The standard InChI is InChI=1S/C27H48P2/c1-4-6-21-28(22-7-5-2)23(3)26-19-14-20-27(26)29(24-15-10-8-11-16-24)25-17-12-9-13-18-25/h14,19,23-25H,4-13,15-18,20-22H2,1-3H3/t23-/m1/s1. The van der Waals surface area contributed by atoms with Gasteiger partial charge in [0.1, 0.15) is 0 Å². The predicted molar refractivity (Wildman–Crippen MR) is 137 cm³/mol. The van der Waals surface area contributed by atoms with Crippen molar-refractivity contribution in [3.05, 3.63) is 23.0 Å². The summed E-state index contributed by atoms with van der Waals surface area (Å²) in [5.74, 6) is 0. The van der Waals surface area contributed by atoms with Crippen LogP contribution in [-0.4, -0.2) is 29.3 Å². The Bertz CT molecular complexity index is 497. The van der Waals surface area contributed by atoms with Gasteiger partial charge in [0, 0.05) is 5.66 Å². The van der Waals surface area contributed by atoms with Gasteiger partial charge >= 0.3 is 0 Å². The second kappa shape index (κ2) is 13.0. The van der Waals surface area contributed by atoms with E-state index in [-0.39, 0.29) is 15.8 Å². The Hall–Kier alpha value is 0.340. The van der Waals surface area contributed by atoms with Gasteiger partial charge < -0.3 is 0 Å². The average Bonchev–Trinajstić information content (AvgIpc) is 3.24. The fraction of sp³-hybridized carbons (Fsp3) is 0.852. The molecule has 0 unspecified atom stereocenters. The minimum atomic E-state index is 0.107. The first kappa shape index (κ1) is 24.0. The van der Waals surface area contributed by atoms with Crippen LogP contribution in [0, 0.1) is 0 Å². The lowest BCUT2D eigenvalue weighted by atomic mass is 9.99. The van der Waals surface area contributed by atoms with E-state index in [0.29, 0.717) is 0 Å². The van der Waals surface area contributed by atoms with E-state index >= 15 is 0 Å². The van der Waals surface area contributed by atoms with E-state index in [9.17, 15) is 0 Å².